The number of aliphatic hydroxyl groups is 1. The summed E-state index contributed by atoms with van der Waals surface area (Å²) in [6.45, 7) is 0.0751. The average Bonchev–Trinajstić information content (AvgIpc) is 3.19. The number of sulfonamides is 1. The second-order valence-electron chi connectivity index (χ2n) is 6.76. The zero-order chi connectivity index (χ0) is 21.8. The fraction of sp³-hybridized carbons (Fsp3) is 0.0909. The molecule has 0 aliphatic heterocycles. The summed E-state index contributed by atoms with van der Waals surface area (Å²) in [5.41, 5.74) is 1.70. The van der Waals surface area contributed by atoms with E-state index in [2.05, 4.69) is 15.0 Å². The van der Waals surface area contributed by atoms with Gasteiger partial charge in [-0.15, -0.1) is 0 Å². The van der Waals surface area contributed by atoms with E-state index in [-0.39, 0.29) is 22.5 Å². The highest BCUT2D eigenvalue weighted by Crippen LogP contribution is 2.28. The van der Waals surface area contributed by atoms with Gasteiger partial charge in [-0.25, -0.2) is 13.4 Å². The Morgan fingerprint density at radius 2 is 1.68 bits per heavy atom. The zero-order valence-electron chi connectivity index (χ0n) is 16.2. The number of fused-ring (bicyclic) bond motifs is 1. The summed E-state index contributed by atoms with van der Waals surface area (Å²) in [7, 11) is -3.74. The van der Waals surface area contributed by atoms with Crippen LogP contribution in [0.2, 0.25) is 0 Å². The van der Waals surface area contributed by atoms with Crippen LogP contribution in [0, 0.1) is 0 Å². The molecule has 4 aromatic rings. The number of carbonyl (C=O) groups is 1. The second kappa shape index (κ2) is 8.84. The number of nitrogens with zero attached hydrogens (tertiary/aromatic N) is 1. The SMILES string of the molecule is O=C(NCC(O)c1ccccc1)c1ccc2nc(NS(=O)(=O)c3ccccc3)sc2c1. The molecule has 0 saturated heterocycles. The molecule has 158 valence electrons. The molecule has 1 aromatic heterocycles. The third-order valence-electron chi connectivity index (χ3n) is 4.57. The second-order valence-corrected chi connectivity index (χ2v) is 9.47. The van der Waals surface area contributed by atoms with Gasteiger partial charge in [-0.2, -0.15) is 0 Å². The highest BCUT2D eigenvalue weighted by molar-refractivity contribution is 7.93. The number of benzene rings is 3. The van der Waals surface area contributed by atoms with Crippen molar-refractivity contribution in [1.29, 1.82) is 0 Å². The van der Waals surface area contributed by atoms with Crippen LogP contribution in [0.25, 0.3) is 10.2 Å². The van der Waals surface area contributed by atoms with Crippen LogP contribution in [-0.2, 0) is 10.0 Å². The Bertz CT molecular complexity index is 1310. The number of hydrogen-bond acceptors (Lipinski definition) is 6. The maximum Gasteiger partial charge on any atom is 0.263 e. The Kier molecular flexibility index (Phi) is 5.99. The van der Waals surface area contributed by atoms with Crippen molar-refractivity contribution in [2.75, 3.05) is 11.3 Å². The van der Waals surface area contributed by atoms with Crippen LogP contribution in [0.3, 0.4) is 0 Å². The highest BCUT2D eigenvalue weighted by atomic mass is 32.2. The van der Waals surface area contributed by atoms with E-state index in [1.807, 2.05) is 18.2 Å². The largest absolute Gasteiger partial charge is 0.387 e. The van der Waals surface area contributed by atoms with Crippen LogP contribution in [-0.4, -0.2) is 31.0 Å². The van der Waals surface area contributed by atoms with Gasteiger partial charge in [-0.05, 0) is 35.9 Å². The fourth-order valence-electron chi connectivity index (χ4n) is 2.97. The summed E-state index contributed by atoms with van der Waals surface area (Å²) in [5.74, 6) is -0.336. The highest BCUT2D eigenvalue weighted by Gasteiger charge is 2.17. The maximum atomic E-state index is 12.5. The van der Waals surface area contributed by atoms with E-state index in [1.165, 1.54) is 12.1 Å². The van der Waals surface area contributed by atoms with E-state index in [4.69, 9.17) is 0 Å². The number of thiazole rings is 1. The van der Waals surface area contributed by atoms with Crippen molar-refractivity contribution in [3.63, 3.8) is 0 Å². The minimum absolute atomic E-state index is 0.0751. The molecule has 0 spiro atoms. The minimum Gasteiger partial charge on any atom is -0.387 e. The molecule has 1 atom stereocenters. The molecule has 1 unspecified atom stereocenters. The average molecular weight is 454 g/mol. The zero-order valence-corrected chi connectivity index (χ0v) is 17.9. The van der Waals surface area contributed by atoms with E-state index in [0.29, 0.717) is 15.8 Å². The van der Waals surface area contributed by atoms with Crippen molar-refractivity contribution >= 4 is 42.6 Å². The summed E-state index contributed by atoms with van der Waals surface area (Å²) in [4.78, 5) is 16.9. The van der Waals surface area contributed by atoms with Crippen molar-refractivity contribution in [3.8, 4) is 0 Å². The summed E-state index contributed by atoms with van der Waals surface area (Å²) >= 11 is 1.14. The van der Waals surface area contributed by atoms with Gasteiger partial charge < -0.3 is 10.4 Å². The van der Waals surface area contributed by atoms with Crippen molar-refractivity contribution in [2.45, 2.75) is 11.0 Å². The van der Waals surface area contributed by atoms with Crippen LogP contribution in [0.4, 0.5) is 5.13 Å². The van der Waals surface area contributed by atoms with Gasteiger partial charge in [0.2, 0.25) is 0 Å². The molecule has 4 rings (SSSR count). The third kappa shape index (κ3) is 4.91. The van der Waals surface area contributed by atoms with Gasteiger partial charge in [-0.3, -0.25) is 9.52 Å². The van der Waals surface area contributed by atoms with Crippen LogP contribution in [0.15, 0.2) is 83.8 Å². The summed E-state index contributed by atoms with van der Waals surface area (Å²) in [6, 6.07) is 22.0. The lowest BCUT2D eigenvalue weighted by Crippen LogP contribution is -2.28. The van der Waals surface area contributed by atoms with Gasteiger partial charge in [0.15, 0.2) is 5.13 Å². The lowest BCUT2D eigenvalue weighted by molar-refractivity contribution is 0.0916. The molecule has 9 heteroatoms. The molecule has 7 nitrogen and oxygen atoms in total. The van der Waals surface area contributed by atoms with Crippen molar-refractivity contribution in [1.82, 2.24) is 10.3 Å². The predicted octanol–water partition coefficient (Wildman–Crippen LogP) is 3.56. The normalized spacial score (nSPS) is 12.4. The van der Waals surface area contributed by atoms with Gasteiger partial charge in [-0.1, -0.05) is 59.9 Å². The van der Waals surface area contributed by atoms with E-state index in [9.17, 15) is 18.3 Å². The van der Waals surface area contributed by atoms with E-state index >= 15 is 0 Å². The molecule has 3 N–H and O–H groups in total. The molecule has 1 heterocycles. The van der Waals surface area contributed by atoms with Crippen molar-refractivity contribution in [2.24, 2.45) is 0 Å². The van der Waals surface area contributed by atoms with Crippen LogP contribution >= 0.6 is 11.3 Å². The van der Waals surface area contributed by atoms with Crippen LogP contribution < -0.4 is 10.0 Å². The molecule has 1 amide bonds. The molecular weight excluding hydrogens is 434 g/mol. The van der Waals surface area contributed by atoms with Gasteiger partial charge in [0, 0.05) is 12.1 Å². The Labute approximate surface area is 183 Å². The Hall–Kier alpha value is -3.27. The monoisotopic (exact) mass is 453 g/mol. The number of rotatable bonds is 7. The van der Waals surface area contributed by atoms with Crippen molar-refractivity contribution < 1.29 is 18.3 Å². The molecule has 3 aromatic carbocycles. The number of aliphatic hydroxyl groups excluding tert-OH is 1. The van der Waals surface area contributed by atoms with Crippen LogP contribution in [0.1, 0.15) is 22.0 Å². The minimum atomic E-state index is -3.74. The van der Waals surface area contributed by atoms with E-state index < -0.39 is 16.1 Å². The Morgan fingerprint density at radius 1 is 1.00 bits per heavy atom. The lowest BCUT2D eigenvalue weighted by atomic mass is 10.1. The standard InChI is InChI=1S/C22H19N3O4S2/c26-19(15-7-3-1-4-8-15)14-23-21(27)16-11-12-18-20(13-16)30-22(24-18)25-31(28,29)17-9-5-2-6-10-17/h1-13,19,26H,14H2,(H,23,27)(H,24,25). The summed E-state index contributed by atoms with van der Waals surface area (Å²) in [5, 5.41) is 13.1. The van der Waals surface area contributed by atoms with Gasteiger partial charge in [0.1, 0.15) is 0 Å². The van der Waals surface area contributed by atoms with Gasteiger partial charge in [0.05, 0.1) is 21.2 Å². The molecule has 0 saturated carbocycles. The quantitative estimate of drug-likeness (QED) is 0.397. The first-order chi connectivity index (χ1) is 14.9. The van der Waals surface area contributed by atoms with E-state index in [1.54, 1.807) is 48.5 Å². The number of hydrogen-bond donors (Lipinski definition) is 3. The third-order valence-corrected chi connectivity index (χ3v) is 6.98. The summed E-state index contributed by atoms with van der Waals surface area (Å²) in [6.07, 6.45) is -0.809. The first kappa shape index (κ1) is 21.0. The molecule has 31 heavy (non-hydrogen) atoms. The van der Waals surface area contributed by atoms with Gasteiger partial charge >= 0.3 is 0 Å². The van der Waals surface area contributed by atoms with E-state index in [0.717, 1.165) is 16.9 Å². The van der Waals surface area contributed by atoms with Crippen LogP contribution in [0.5, 0.6) is 0 Å². The predicted molar refractivity (Wildman–Crippen MR) is 121 cm³/mol. The number of aromatic nitrogens is 1. The molecule has 0 radical (unpaired) electrons. The molecule has 0 aliphatic rings. The number of nitrogens with one attached hydrogen (secondary N) is 2. The lowest BCUT2D eigenvalue weighted by Gasteiger charge is -2.12. The number of anilines is 1. The summed E-state index contributed by atoms with van der Waals surface area (Å²) < 4.78 is 28.1. The molecule has 0 bridgehead atoms. The first-order valence-corrected chi connectivity index (χ1v) is 11.7. The smallest absolute Gasteiger partial charge is 0.263 e. The number of amides is 1. The van der Waals surface area contributed by atoms with Crippen molar-refractivity contribution in [3.05, 3.63) is 90.0 Å². The molecule has 0 aliphatic carbocycles. The maximum absolute atomic E-state index is 12.5. The molecule has 0 fully saturated rings. The molecular formula is C22H19N3O4S2. The Balaban J connectivity index is 1.46. The Morgan fingerprint density at radius 3 is 2.39 bits per heavy atom. The first-order valence-electron chi connectivity index (χ1n) is 9.42. The number of carbonyl (C=O) groups excluding carboxylic acids is 1. The fourth-order valence-corrected chi connectivity index (χ4v) is 5.13. The topological polar surface area (TPSA) is 108 Å². The van der Waals surface area contributed by atoms with Gasteiger partial charge in [0.25, 0.3) is 15.9 Å².